The number of benzene rings is 1. The zero-order valence-electron chi connectivity index (χ0n) is 10.6. The van der Waals surface area contributed by atoms with Gasteiger partial charge in [0, 0.05) is 0 Å². The van der Waals surface area contributed by atoms with Crippen molar-refractivity contribution in [2.45, 2.75) is 31.6 Å². The van der Waals surface area contributed by atoms with Crippen molar-refractivity contribution < 1.29 is 9.00 Å². The van der Waals surface area contributed by atoms with Crippen LogP contribution in [0.4, 0.5) is 0 Å². The summed E-state index contributed by atoms with van der Waals surface area (Å²) in [6.45, 7) is 3.75. The van der Waals surface area contributed by atoms with Crippen LogP contribution in [0.25, 0.3) is 0 Å². The predicted molar refractivity (Wildman–Crippen MR) is 73.2 cm³/mol. The van der Waals surface area contributed by atoms with Crippen molar-refractivity contribution in [3.63, 3.8) is 0 Å². The van der Waals surface area contributed by atoms with Crippen LogP contribution < -0.4 is 0 Å². The minimum atomic E-state index is -1.26. The summed E-state index contributed by atoms with van der Waals surface area (Å²) in [6.07, 6.45) is 4.15. The molecule has 0 spiro atoms. The van der Waals surface area contributed by atoms with Crippen LogP contribution in [-0.2, 0) is 22.2 Å². The maximum absolute atomic E-state index is 12.2. The van der Waals surface area contributed by atoms with E-state index in [9.17, 15) is 9.00 Å². The van der Waals surface area contributed by atoms with Crippen molar-refractivity contribution in [2.24, 2.45) is 0 Å². The second-order valence-corrected chi connectivity index (χ2v) is 6.18. The molecule has 0 radical (unpaired) electrons. The first-order chi connectivity index (χ1) is 8.59. The fraction of sp³-hybridized carbons (Fsp3) is 0.357. The molecular weight excluding hydrogens is 246 g/mol. The van der Waals surface area contributed by atoms with Gasteiger partial charge in [-0.2, -0.15) is 0 Å². The molecule has 2 rings (SSSR count). The standard InChI is InChI=1S/C14H17NO2S/c1-11-8-9-12(2)18(17)15(11)14(16)10-13-6-4-3-5-7-13/h3-9,11-12H,10H2,1-2H3. The van der Waals surface area contributed by atoms with Crippen LogP contribution in [0.5, 0.6) is 0 Å². The maximum atomic E-state index is 12.2. The summed E-state index contributed by atoms with van der Waals surface area (Å²) in [5.41, 5.74) is 0.953. The molecule has 0 saturated carbocycles. The van der Waals surface area contributed by atoms with Gasteiger partial charge in [-0.1, -0.05) is 42.5 Å². The molecule has 1 heterocycles. The largest absolute Gasteiger partial charge is 0.273 e. The van der Waals surface area contributed by atoms with Crippen LogP contribution in [-0.4, -0.2) is 25.7 Å². The van der Waals surface area contributed by atoms with E-state index in [0.29, 0.717) is 6.42 Å². The Morgan fingerprint density at radius 2 is 1.89 bits per heavy atom. The number of hydrogen-bond acceptors (Lipinski definition) is 2. The van der Waals surface area contributed by atoms with Crippen molar-refractivity contribution in [3.05, 3.63) is 48.0 Å². The molecule has 1 aromatic carbocycles. The van der Waals surface area contributed by atoms with Gasteiger partial charge in [0.05, 0.1) is 17.7 Å². The molecule has 0 saturated heterocycles. The van der Waals surface area contributed by atoms with Crippen LogP contribution in [0.2, 0.25) is 0 Å². The van der Waals surface area contributed by atoms with Gasteiger partial charge < -0.3 is 0 Å². The maximum Gasteiger partial charge on any atom is 0.239 e. The Morgan fingerprint density at radius 1 is 1.22 bits per heavy atom. The molecule has 3 atom stereocenters. The van der Waals surface area contributed by atoms with Gasteiger partial charge in [-0.3, -0.25) is 9.10 Å². The van der Waals surface area contributed by atoms with Gasteiger partial charge in [0.1, 0.15) is 11.0 Å². The van der Waals surface area contributed by atoms with E-state index in [1.807, 2.05) is 56.3 Å². The minimum absolute atomic E-state index is 0.0803. The highest BCUT2D eigenvalue weighted by Gasteiger charge is 2.30. The second-order valence-electron chi connectivity index (χ2n) is 4.49. The molecule has 4 heteroatoms. The second kappa shape index (κ2) is 5.48. The molecule has 1 amide bonds. The zero-order valence-corrected chi connectivity index (χ0v) is 11.4. The number of carbonyl (C=O) groups is 1. The average Bonchev–Trinajstić information content (AvgIpc) is 2.36. The van der Waals surface area contributed by atoms with Gasteiger partial charge in [0.25, 0.3) is 0 Å². The third kappa shape index (κ3) is 2.70. The lowest BCUT2D eigenvalue weighted by Crippen LogP contribution is -2.45. The molecule has 0 fully saturated rings. The Hall–Kier alpha value is -1.42. The number of hydrogen-bond donors (Lipinski definition) is 0. The van der Waals surface area contributed by atoms with E-state index in [2.05, 4.69) is 0 Å². The van der Waals surface area contributed by atoms with Gasteiger partial charge in [-0.15, -0.1) is 0 Å². The Labute approximate surface area is 110 Å². The minimum Gasteiger partial charge on any atom is -0.273 e. The Morgan fingerprint density at radius 3 is 2.56 bits per heavy atom. The third-order valence-electron chi connectivity index (χ3n) is 2.99. The number of carbonyl (C=O) groups excluding carboxylic acids is 1. The molecule has 3 nitrogen and oxygen atoms in total. The average molecular weight is 263 g/mol. The summed E-state index contributed by atoms with van der Waals surface area (Å²) < 4.78 is 13.6. The topological polar surface area (TPSA) is 37.4 Å². The first-order valence-electron chi connectivity index (χ1n) is 6.04. The van der Waals surface area contributed by atoms with Crippen LogP contribution in [0.3, 0.4) is 0 Å². The van der Waals surface area contributed by atoms with E-state index in [0.717, 1.165) is 5.56 Å². The highest BCUT2D eigenvalue weighted by atomic mass is 32.2. The SMILES string of the molecule is CC1C=CC(C)S(=O)N1C(=O)Cc1ccccc1. The molecule has 18 heavy (non-hydrogen) atoms. The highest BCUT2D eigenvalue weighted by Crippen LogP contribution is 2.18. The van der Waals surface area contributed by atoms with Crippen LogP contribution in [0, 0.1) is 0 Å². The Bertz CT molecular complexity index is 484. The quantitative estimate of drug-likeness (QED) is 0.766. The van der Waals surface area contributed by atoms with Crippen molar-refractivity contribution in [1.82, 2.24) is 4.31 Å². The van der Waals surface area contributed by atoms with E-state index in [1.165, 1.54) is 4.31 Å². The smallest absolute Gasteiger partial charge is 0.239 e. The van der Waals surface area contributed by atoms with E-state index in [1.54, 1.807) is 0 Å². The van der Waals surface area contributed by atoms with Crippen molar-refractivity contribution in [2.75, 3.05) is 0 Å². The molecule has 3 unspecified atom stereocenters. The monoisotopic (exact) mass is 263 g/mol. The van der Waals surface area contributed by atoms with E-state index in [-0.39, 0.29) is 17.2 Å². The lowest BCUT2D eigenvalue weighted by molar-refractivity contribution is -0.126. The molecule has 0 aromatic heterocycles. The summed E-state index contributed by atoms with van der Waals surface area (Å²) in [5.74, 6) is -0.0803. The molecule has 1 aromatic rings. The Balaban J connectivity index is 2.14. The van der Waals surface area contributed by atoms with Crippen LogP contribution >= 0.6 is 0 Å². The molecular formula is C14H17NO2S. The number of amides is 1. The molecule has 96 valence electrons. The number of rotatable bonds is 2. The summed E-state index contributed by atoms with van der Waals surface area (Å²) in [5, 5.41) is -0.0964. The van der Waals surface area contributed by atoms with Crippen molar-refractivity contribution in [1.29, 1.82) is 0 Å². The Kier molecular flexibility index (Phi) is 3.97. The van der Waals surface area contributed by atoms with E-state index >= 15 is 0 Å². The molecule has 1 aliphatic heterocycles. The van der Waals surface area contributed by atoms with Crippen LogP contribution in [0.1, 0.15) is 19.4 Å². The summed E-state index contributed by atoms with van der Waals surface area (Å²) in [4.78, 5) is 12.2. The summed E-state index contributed by atoms with van der Waals surface area (Å²) in [7, 11) is -1.26. The van der Waals surface area contributed by atoms with Crippen LogP contribution in [0.15, 0.2) is 42.5 Å². The first kappa shape index (κ1) is 13.0. The third-order valence-corrected chi connectivity index (χ3v) is 4.70. The van der Waals surface area contributed by atoms with Gasteiger partial charge in [0.2, 0.25) is 5.91 Å². The van der Waals surface area contributed by atoms with Crippen molar-refractivity contribution in [3.8, 4) is 0 Å². The summed E-state index contributed by atoms with van der Waals surface area (Å²) in [6, 6.07) is 9.45. The highest BCUT2D eigenvalue weighted by molar-refractivity contribution is 7.84. The van der Waals surface area contributed by atoms with Gasteiger partial charge in [-0.05, 0) is 19.4 Å². The molecule has 0 N–H and O–H groups in total. The van der Waals surface area contributed by atoms with Gasteiger partial charge in [0.15, 0.2) is 0 Å². The predicted octanol–water partition coefficient (Wildman–Crippen LogP) is 2.07. The fourth-order valence-corrected chi connectivity index (χ4v) is 3.23. The normalized spacial score (nSPS) is 27.2. The summed E-state index contributed by atoms with van der Waals surface area (Å²) >= 11 is 0. The van der Waals surface area contributed by atoms with Crippen molar-refractivity contribution >= 4 is 16.9 Å². The number of nitrogens with zero attached hydrogens (tertiary/aromatic N) is 1. The lowest BCUT2D eigenvalue weighted by Gasteiger charge is -2.31. The van der Waals surface area contributed by atoms with E-state index < -0.39 is 11.0 Å². The van der Waals surface area contributed by atoms with E-state index in [4.69, 9.17) is 0 Å². The molecule has 1 aliphatic rings. The molecule has 0 bridgehead atoms. The zero-order chi connectivity index (χ0) is 13.1. The lowest BCUT2D eigenvalue weighted by atomic mass is 10.1. The first-order valence-corrected chi connectivity index (χ1v) is 7.21. The van der Waals surface area contributed by atoms with Gasteiger partial charge >= 0.3 is 0 Å². The van der Waals surface area contributed by atoms with Gasteiger partial charge in [-0.25, -0.2) is 4.21 Å². The molecule has 0 aliphatic carbocycles. The fourth-order valence-electron chi connectivity index (χ4n) is 1.98.